The second kappa shape index (κ2) is 15.0. The van der Waals surface area contributed by atoms with Crippen LogP contribution in [-0.4, -0.2) is 25.5 Å². The van der Waals surface area contributed by atoms with Gasteiger partial charge in [-0.1, -0.05) is 140 Å². The number of anilines is 2. The van der Waals surface area contributed by atoms with Gasteiger partial charge in [-0.25, -0.2) is 0 Å². The average molecular weight is 654 g/mol. The number of para-hydroxylation sites is 2. The van der Waals surface area contributed by atoms with E-state index in [1.807, 2.05) is 6.08 Å². The first kappa shape index (κ1) is 33.1. The maximum atomic E-state index is 5.12. The minimum Gasteiger partial charge on any atom is -0.345 e. The van der Waals surface area contributed by atoms with E-state index in [9.17, 15) is 0 Å². The molecule has 3 heteroatoms. The van der Waals surface area contributed by atoms with Crippen LogP contribution in [0.5, 0.6) is 0 Å². The third-order valence-electron chi connectivity index (χ3n) is 10.6. The van der Waals surface area contributed by atoms with Crippen LogP contribution in [0.15, 0.2) is 163 Å². The monoisotopic (exact) mass is 653 g/mol. The lowest BCUT2D eigenvalue weighted by Gasteiger charge is -2.39. The summed E-state index contributed by atoms with van der Waals surface area (Å²) in [4.78, 5) is 9.92. The Kier molecular flexibility index (Phi) is 9.93. The van der Waals surface area contributed by atoms with Crippen molar-refractivity contribution in [1.82, 2.24) is 0 Å². The number of hydrogen-bond donors (Lipinski definition) is 0. The molecule has 0 aromatic heterocycles. The molecule has 0 fully saturated rings. The molecule has 0 saturated heterocycles. The number of aliphatic imine (C=N–C) groups is 1. The predicted molar refractivity (Wildman–Crippen MR) is 215 cm³/mol. The van der Waals surface area contributed by atoms with Gasteiger partial charge in [0.25, 0.3) is 0 Å². The van der Waals surface area contributed by atoms with Gasteiger partial charge in [-0.05, 0) is 84.7 Å². The molecule has 3 atom stereocenters. The fourth-order valence-electron chi connectivity index (χ4n) is 7.82. The summed E-state index contributed by atoms with van der Waals surface area (Å²) in [5.74, 6) is 0.812. The molecular weight excluding hydrogens is 607 g/mol. The van der Waals surface area contributed by atoms with Gasteiger partial charge in [0.2, 0.25) is 0 Å². The van der Waals surface area contributed by atoms with E-state index in [0.717, 1.165) is 30.7 Å². The summed E-state index contributed by atoms with van der Waals surface area (Å²) in [6, 6.07) is 37.0. The highest BCUT2D eigenvalue weighted by Crippen LogP contribution is 2.43. The fraction of sp³-hybridized carbons (Fsp3) is 0.213. The summed E-state index contributed by atoms with van der Waals surface area (Å²) in [6.07, 6.45) is 21.8. The summed E-state index contributed by atoms with van der Waals surface area (Å²) in [7, 11) is 2.15. The van der Waals surface area contributed by atoms with Gasteiger partial charge in [0.15, 0.2) is 0 Å². The van der Waals surface area contributed by atoms with Crippen LogP contribution >= 0.6 is 0 Å². The van der Waals surface area contributed by atoms with Gasteiger partial charge in [-0.2, -0.15) is 0 Å². The van der Waals surface area contributed by atoms with Crippen LogP contribution in [0.25, 0.3) is 17.3 Å². The molecule has 0 amide bonds. The minimum absolute atomic E-state index is 0.286. The van der Waals surface area contributed by atoms with Crippen LogP contribution in [0.3, 0.4) is 0 Å². The number of fused-ring (bicyclic) bond motifs is 4. The molecule has 50 heavy (non-hydrogen) atoms. The highest BCUT2D eigenvalue weighted by molar-refractivity contribution is 5.98. The number of likely N-dealkylation sites (N-methyl/N-ethyl adjacent to an activating group) is 1. The molecule has 0 spiro atoms. The van der Waals surface area contributed by atoms with Crippen molar-refractivity contribution in [2.24, 2.45) is 10.9 Å². The first-order valence-electron chi connectivity index (χ1n) is 18.0. The van der Waals surface area contributed by atoms with E-state index < -0.39 is 0 Å². The van der Waals surface area contributed by atoms with Crippen LogP contribution in [0.4, 0.5) is 11.4 Å². The van der Waals surface area contributed by atoms with Crippen molar-refractivity contribution in [3.8, 4) is 0 Å². The largest absolute Gasteiger partial charge is 0.345 e. The van der Waals surface area contributed by atoms with E-state index in [1.54, 1.807) is 0 Å². The third kappa shape index (κ3) is 6.73. The second-order valence-electron chi connectivity index (χ2n) is 13.5. The summed E-state index contributed by atoms with van der Waals surface area (Å²) in [5, 5.41) is 2.39. The first-order chi connectivity index (χ1) is 24.6. The van der Waals surface area contributed by atoms with Gasteiger partial charge in [-0.3, -0.25) is 4.99 Å². The maximum Gasteiger partial charge on any atom is 0.111 e. The van der Waals surface area contributed by atoms with Crippen molar-refractivity contribution < 1.29 is 0 Å². The molecule has 1 aliphatic heterocycles. The fourth-order valence-corrected chi connectivity index (χ4v) is 7.82. The molecule has 4 aromatic carbocycles. The highest BCUT2D eigenvalue weighted by atomic mass is 15.2. The Bertz CT molecular complexity index is 2150. The highest BCUT2D eigenvalue weighted by Gasteiger charge is 2.32. The van der Waals surface area contributed by atoms with Crippen molar-refractivity contribution in [1.29, 1.82) is 0 Å². The molecule has 2 bridgehead atoms. The molecule has 4 aromatic rings. The molecule has 2 aliphatic carbocycles. The molecule has 7 rings (SSSR count). The predicted octanol–water partition coefficient (Wildman–Crippen LogP) is 9.59. The average Bonchev–Trinajstić information content (AvgIpc) is 3.53. The summed E-state index contributed by atoms with van der Waals surface area (Å²) >= 11 is 0. The van der Waals surface area contributed by atoms with Crippen LogP contribution in [0.1, 0.15) is 55.7 Å². The molecule has 0 radical (unpaired) electrons. The standard InChI is InChI=1S/C47H47N3/c1-5-35-17-10-11-22-42(35)45(6-2)49(4)46-25-14-12-23-43(46)38-21-16-20-37(27-28-38)39-29-30-40-32-41(31-39)50(47-26-15-13-24-44(40)47)33-48-34(3)36-18-8-7-9-19-36/h5-19,21-26,28-31,37,40-41H,2,20,27,32-33H2,1,3-4H3/b35-5-,45-42+,48-34+. The maximum absolute atomic E-state index is 5.12. The topological polar surface area (TPSA) is 18.8 Å². The Morgan fingerprint density at radius 1 is 0.900 bits per heavy atom. The van der Waals surface area contributed by atoms with Crippen molar-refractivity contribution in [2.75, 3.05) is 23.5 Å². The van der Waals surface area contributed by atoms with Gasteiger partial charge in [0.1, 0.15) is 6.67 Å². The Morgan fingerprint density at radius 3 is 2.50 bits per heavy atom. The summed E-state index contributed by atoms with van der Waals surface area (Å²) < 4.78 is 0. The van der Waals surface area contributed by atoms with Crippen LogP contribution in [0, 0.1) is 5.92 Å². The van der Waals surface area contributed by atoms with Crippen molar-refractivity contribution in [3.05, 3.63) is 185 Å². The van der Waals surface area contributed by atoms with E-state index in [1.165, 1.54) is 49.6 Å². The molecule has 0 N–H and O–H groups in total. The smallest absolute Gasteiger partial charge is 0.111 e. The van der Waals surface area contributed by atoms with E-state index in [2.05, 4.69) is 183 Å². The quantitative estimate of drug-likeness (QED) is 0.176. The van der Waals surface area contributed by atoms with Gasteiger partial charge in [-0.15, -0.1) is 0 Å². The molecular formula is C47H47N3. The summed E-state index contributed by atoms with van der Waals surface area (Å²) in [5.41, 5.74) is 11.2. The number of rotatable bonds is 8. The zero-order valence-corrected chi connectivity index (χ0v) is 29.5. The lowest BCUT2D eigenvalue weighted by atomic mass is 9.86. The molecule has 3 aliphatic rings. The number of allylic oxidation sites excluding steroid dienone is 7. The van der Waals surface area contributed by atoms with Gasteiger partial charge >= 0.3 is 0 Å². The van der Waals surface area contributed by atoms with Gasteiger partial charge in [0.05, 0.1) is 6.04 Å². The second-order valence-corrected chi connectivity index (χ2v) is 13.5. The molecule has 1 heterocycles. The van der Waals surface area contributed by atoms with Crippen LogP contribution < -0.4 is 20.2 Å². The van der Waals surface area contributed by atoms with Gasteiger partial charge < -0.3 is 9.80 Å². The van der Waals surface area contributed by atoms with Crippen molar-refractivity contribution in [2.45, 2.75) is 45.1 Å². The molecule has 0 saturated carbocycles. The minimum atomic E-state index is 0.286. The van der Waals surface area contributed by atoms with Crippen molar-refractivity contribution in [3.63, 3.8) is 0 Å². The van der Waals surface area contributed by atoms with E-state index in [4.69, 9.17) is 4.99 Å². The summed E-state index contributed by atoms with van der Waals surface area (Å²) in [6.45, 7) is 9.07. The van der Waals surface area contributed by atoms with Crippen LogP contribution in [0.2, 0.25) is 0 Å². The lowest BCUT2D eigenvalue weighted by Crippen LogP contribution is -2.39. The molecule has 3 nitrogen and oxygen atoms in total. The number of nitrogens with zero attached hydrogens (tertiary/aromatic N) is 3. The Hall–Kier alpha value is -5.41. The van der Waals surface area contributed by atoms with E-state index in [0.29, 0.717) is 18.5 Å². The number of benzene rings is 4. The van der Waals surface area contributed by atoms with Gasteiger partial charge in [0, 0.05) is 46.5 Å². The lowest BCUT2D eigenvalue weighted by molar-refractivity contribution is 0.570. The van der Waals surface area contributed by atoms with E-state index >= 15 is 0 Å². The normalized spacial score (nSPS) is 21.0. The SMILES string of the molecule is C=C/C(=c1/cccc/c1=C/C)N(C)c1ccccc1C1=CCC(C2=CC3CC(C=C2)c2ccccc2N3C/N=C(\C)c2ccccc2)CC=C1. The van der Waals surface area contributed by atoms with E-state index in [-0.39, 0.29) is 6.04 Å². The number of hydrogen-bond acceptors (Lipinski definition) is 3. The Labute approximate surface area is 298 Å². The van der Waals surface area contributed by atoms with Crippen molar-refractivity contribution >= 4 is 34.4 Å². The molecule has 250 valence electrons. The molecule has 3 unspecified atom stereocenters. The Morgan fingerprint density at radius 2 is 1.66 bits per heavy atom. The Balaban J connectivity index is 1.18. The third-order valence-corrected chi connectivity index (χ3v) is 10.6. The first-order valence-corrected chi connectivity index (χ1v) is 18.0. The van der Waals surface area contributed by atoms with Crippen LogP contribution in [-0.2, 0) is 0 Å². The zero-order valence-electron chi connectivity index (χ0n) is 29.5. The zero-order chi connectivity index (χ0) is 34.5.